The summed E-state index contributed by atoms with van der Waals surface area (Å²) in [6.45, 7) is 0.923. The highest BCUT2D eigenvalue weighted by Gasteiger charge is 2.23. The lowest BCUT2D eigenvalue weighted by molar-refractivity contribution is -0.125. The average molecular weight is 322 g/mol. The molecule has 1 aromatic carbocycles. The van der Waals surface area contributed by atoms with Gasteiger partial charge in [0.05, 0.1) is 13.2 Å². The number of pyridine rings is 1. The fourth-order valence-electron chi connectivity index (χ4n) is 3.04. The number of benzene rings is 1. The molecule has 1 amide bonds. The van der Waals surface area contributed by atoms with Gasteiger partial charge in [0.1, 0.15) is 5.75 Å². The molecule has 1 aliphatic rings. The molecule has 1 aliphatic heterocycles. The number of fused-ring (bicyclic) bond motifs is 2. The molecule has 1 atom stereocenters. The molecule has 6 nitrogen and oxygen atoms in total. The SMILES string of the molecule is O=C(NCc1nnc2ccccn12)[C@@H]1CCOc2ccccc2C1. The van der Waals surface area contributed by atoms with Crippen LogP contribution in [-0.2, 0) is 17.8 Å². The third-order valence-corrected chi connectivity index (χ3v) is 4.34. The summed E-state index contributed by atoms with van der Waals surface area (Å²) in [6, 6.07) is 13.6. The second kappa shape index (κ2) is 6.31. The van der Waals surface area contributed by atoms with Crippen LogP contribution in [0.3, 0.4) is 0 Å². The van der Waals surface area contributed by atoms with Crippen LogP contribution in [0.2, 0.25) is 0 Å². The average Bonchev–Trinajstić information content (AvgIpc) is 2.90. The summed E-state index contributed by atoms with van der Waals surface area (Å²) < 4.78 is 7.61. The standard InChI is InChI=1S/C18H18N4O2/c23-18(14-8-10-24-15-6-2-1-5-13(15)11-14)19-12-17-21-20-16-7-3-4-9-22(16)17/h1-7,9,14H,8,10-12H2,(H,19,23)/t14-/m1/s1. The van der Waals surface area contributed by atoms with Gasteiger partial charge in [0, 0.05) is 12.1 Å². The molecule has 0 unspecified atom stereocenters. The Balaban J connectivity index is 1.45. The fourth-order valence-corrected chi connectivity index (χ4v) is 3.04. The topological polar surface area (TPSA) is 68.5 Å². The smallest absolute Gasteiger partial charge is 0.223 e. The van der Waals surface area contributed by atoms with Crippen LogP contribution in [0, 0.1) is 5.92 Å². The highest BCUT2D eigenvalue weighted by molar-refractivity contribution is 5.79. The lowest BCUT2D eigenvalue weighted by Gasteiger charge is -2.13. The predicted octanol–water partition coefficient (Wildman–Crippen LogP) is 1.99. The number of carbonyl (C=O) groups excluding carboxylic acids is 1. The summed E-state index contributed by atoms with van der Waals surface area (Å²) in [7, 11) is 0. The molecule has 122 valence electrons. The van der Waals surface area contributed by atoms with Gasteiger partial charge in [-0.25, -0.2) is 0 Å². The molecule has 0 spiro atoms. The highest BCUT2D eigenvalue weighted by atomic mass is 16.5. The first-order chi connectivity index (χ1) is 11.8. The van der Waals surface area contributed by atoms with Crippen molar-refractivity contribution in [3.05, 3.63) is 60.0 Å². The minimum absolute atomic E-state index is 0.0305. The Bertz CT molecular complexity index is 874. The van der Waals surface area contributed by atoms with Gasteiger partial charge in [-0.05, 0) is 36.6 Å². The van der Waals surface area contributed by atoms with Crippen LogP contribution in [0.5, 0.6) is 5.75 Å². The fraction of sp³-hybridized carbons (Fsp3) is 0.278. The lowest BCUT2D eigenvalue weighted by atomic mass is 9.96. The van der Waals surface area contributed by atoms with Crippen LogP contribution in [0.4, 0.5) is 0 Å². The van der Waals surface area contributed by atoms with Crippen molar-refractivity contribution in [1.82, 2.24) is 19.9 Å². The molecule has 6 heteroatoms. The first-order valence-corrected chi connectivity index (χ1v) is 8.08. The Morgan fingerprint density at radius 1 is 1.21 bits per heavy atom. The summed E-state index contributed by atoms with van der Waals surface area (Å²) in [5.74, 6) is 1.55. The second-order valence-electron chi connectivity index (χ2n) is 5.91. The summed E-state index contributed by atoms with van der Waals surface area (Å²) in [6.07, 6.45) is 3.30. The molecule has 3 aromatic rings. The number of para-hydroxylation sites is 1. The first kappa shape index (κ1) is 14.7. The van der Waals surface area contributed by atoms with Gasteiger partial charge in [-0.1, -0.05) is 24.3 Å². The molecule has 0 saturated heterocycles. The number of hydrogen-bond acceptors (Lipinski definition) is 4. The predicted molar refractivity (Wildman–Crippen MR) is 88.6 cm³/mol. The zero-order valence-electron chi connectivity index (χ0n) is 13.2. The van der Waals surface area contributed by atoms with E-state index in [2.05, 4.69) is 15.5 Å². The molecular formula is C18H18N4O2. The number of aromatic nitrogens is 3. The summed E-state index contributed by atoms with van der Waals surface area (Å²) >= 11 is 0. The van der Waals surface area contributed by atoms with Crippen LogP contribution in [-0.4, -0.2) is 27.1 Å². The molecule has 4 rings (SSSR count). The van der Waals surface area contributed by atoms with Crippen molar-refractivity contribution in [2.75, 3.05) is 6.61 Å². The molecule has 1 N–H and O–H groups in total. The van der Waals surface area contributed by atoms with Crippen LogP contribution in [0.1, 0.15) is 17.8 Å². The van der Waals surface area contributed by atoms with Gasteiger partial charge < -0.3 is 10.1 Å². The van der Waals surface area contributed by atoms with E-state index in [0.717, 1.165) is 22.8 Å². The summed E-state index contributed by atoms with van der Waals surface area (Å²) in [5.41, 5.74) is 1.86. The van der Waals surface area contributed by atoms with E-state index in [4.69, 9.17) is 4.74 Å². The molecule has 0 saturated carbocycles. The quantitative estimate of drug-likeness (QED) is 0.801. The maximum atomic E-state index is 12.6. The molecule has 0 radical (unpaired) electrons. The Labute approximate surface area is 139 Å². The van der Waals surface area contributed by atoms with Crippen molar-refractivity contribution in [2.24, 2.45) is 5.92 Å². The second-order valence-corrected chi connectivity index (χ2v) is 5.91. The van der Waals surface area contributed by atoms with E-state index in [9.17, 15) is 4.79 Å². The molecular weight excluding hydrogens is 304 g/mol. The van der Waals surface area contributed by atoms with Crippen LogP contribution < -0.4 is 10.1 Å². The van der Waals surface area contributed by atoms with Gasteiger partial charge in [0.25, 0.3) is 0 Å². The highest BCUT2D eigenvalue weighted by Crippen LogP contribution is 2.26. The molecule has 24 heavy (non-hydrogen) atoms. The summed E-state index contributed by atoms with van der Waals surface area (Å²) in [4.78, 5) is 12.6. The van der Waals surface area contributed by atoms with Gasteiger partial charge >= 0.3 is 0 Å². The van der Waals surface area contributed by atoms with E-state index in [1.54, 1.807) is 0 Å². The zero-order chi connectivity index (χ0) is 16.4. The van der Waals surface area contributed by atoms with E-state index in [-0.39, 0.29) is 11.8 Å². The lowest BCUT2D eigenvalue weighted by Crippen LogP contribution is -2.32. The number of carbonyl (C=O) groups is 1. The third-order valence-electron chi connectivity index (χ3n) is 4.34. The number of rotatable bonds is 3. The number of nitrogens with one attached hydrogen (secondary N) is 1. The Morgan fingerprint density at radius 3 is 3.04 bits per heavy atom. The zero-order valence-corrected chi connectivity index (χ0v) is 13.2. The molecule has 0 bridgehead atoms. The van der Waals surface area contributed by atoms with E-state index in [0.29, 0.717) is 26.0 Å². The molecule has 0 fully saturated rings. The Morgan fingerprint density at radius 2 is 2.08 bits per heavy atom. The van der Waals surface area contributed by atoms with E-state index in [1.807, 2.05) is 53.1 Å². The van der Waals surface area contributed by atoms with Crippen molar-refractivity contribution in [3.8, 4) is 5.75 Å². The van der Waals surface area contributed by atoms with Gasteiger partial charge in [0.2, 0.25) is 5.91 Å². The number of hydrogen-bond donors (Lipinski definition) is 1. The normalized spacial score (nSPS) is 16.9. The van der Waals surface area contributed by atoms with Gasteiger partial charge in [-0.15, -0.1) is 10.2 Å². The van der Waals surface area contributed by atoms with Crippen molar-refractivity contribution >= 4 is 11.6 Å². The van der Waals surface area contributed by atoms with Gasteiger partial charge in [0.15, 0.2) is 11.5 Å². The van der Waals surface area contributed by atoms with Gasteiger partial charge in [-0.3, -0.25) is 9.20 Å². The van der Waals surface area contributed by atoms with Gasteiger partial charge in [-0.2, -0.15) is 0 Å². The molecule has 3 heterocycles. The number of nitrogens with zero attached hydrogens (tertiary/aromatic N) is 3. The summed E-state index contributed by atoms with van der Waals surface area (Å²) in [5, 5.41) is 11.2. The molecule has 2 aromatic heterocycles. The van der Waals surface area contributed by atoms with Crippen LogP contribution in [0.25, 0.3) is 5.65 Å². The minimum atomic E-state index is -0.0900. The molecule has 0 aliphatic carbocycles. The monoisotopic (exact) mass is 322 g/mol. The minimum Gasteiger partial charge on any atom is -0.493 e. The van der Waals surface area contributed by atoms with Crippen LogP contribution in [0.15, 0.2) is 48.7 Å². The van der Waals surface area contributed by atoms with Crippen molar-refractivity contribution < 1.29 is 9.53 Å². The number of amides is 1. The van der Waals surface area contributed by atoms with E-state index < -0.39 is 0 Å². The number of ether oxygens (including phenoxy) is 1. The van der Waals surface area contributed by atoms with Crippen LogP contribution >= 0.6 is 0 Å². The first-order valence-electron chi connectivity index (χ1n) is 8.08. The largest absolute Gasteiger partial charge is 0.493 e. The van der Waals surface area contributed by atoms with Crippen molar-refractivity contribution in [1.29, 1.82) is 0 Å². The maximum absolute atomic E-state index is 12.6. The Hall–Kier alpha value is -2.89. The van der Waals surface area contributed by atoms with Crippen molar-refractivity contribution in [2.45, 2.75) is 19.4 Å². The van der Waals surface area contributed by atoms with Crippen molar-refractivity contribution in [3.63, 3.8) is 0 Å². The van der Waals surface area contributed by atoms with E-state index >= 15 is 0 Å². The van der Waals surface area contributed by atoms with E-state index in [1.165, 1.54) is 0 Å². The maximum Gasteiger partial charge on any atom is 0.223 e. The third kappa shape index (κ3) is 2.82. The Kier molecular flexibility index (Phi) is 3.86.